The summed E-state index contributed by atoms with van der Waals surface area (Å²) in [5.74, 6) is -0.247. The van der Waals surface area contributed by atoms with Crippen molar-refractivity contribution < 1.29 is 19.1 Å². The van der Waals surface area contributed by atoms with Crippen LogP contribution in [0.5, 0.6) is 5.75 Å². The van der Waals surface area contributed by atoms with Crippen LogP contribution in [0.15, 0.2) is 40.9 Å². The van der Waals surface area contributed by atoms with E-state index in [-0.39, 0.29) is 29.7 Å². The fourth-order valence-electron chi connectivity index (χ4n) is 2.19. The maximum atomic E-state index is 12.1. The van der Waals surface area contributed by atoms with Crippen molar-refractivity contribution in [1.29, 1.82) is 0 Å². The zero-order valence-electron chi connectivity index (χ0n) is 14.5. The third-order valence-electron chi connectivity index (χ3n) is 3.51. The molecule has 0 aromatic heterocycles. The van der Waals surface area contributed by atoms with E-state index in [1.807, 2.05) is 18.2 Å². The van der Waals surface area contributed by atoms with Gasteiger partial charge in [0.1, 0.15) is 5.75 Å². The summed E-state index contributed by atoms with van der Waals surface area (Å²) in [5, 5.41) is 2.89. The summed E-state index contributed by atoms with van der Waals surface area (Å²) < 4.78 is 11.2. The van der Waals surface area contributed by atoms with Gasteiger partial charge in [0.2, 0.25) is 0 Å². The molecule has 0 radical (unpaired) electrons. The van der Waals surface area contributed by atoms with Crippen molar-refractivity contribution >= 4 is 45.1 Å². The highest BCUT2D eigenvalue weighted by atomic mass is 79.9. The molecule has 2 rings (SSSR count). The van der Waals surface area contributed by atoms with Crippen LogP contribution in [0.4, 0.5) is 5.69 Å². The largest absolute Gasteiger partial charge is 0.483 e. The SMILES string of the molecule is CCOC(=O)c1ccc(NC(=O)COc2ccc(CC)cc2Br)cc1Cl. The molecule has 0 unspecified atom stereocenters. The second-order valence-electron chi connectivity index (χ2n) is 5.37. The number of nitrogens with one attached hydrogen (secondary N) is 1. The van der Waals surface area contributed by atoms with Gasteiger partial charge in [0.05, 0.1) is 21.7 Å². The van der Waals surface area contributed by atoms with Crippen molar-refractivity contribution in [3.63, 3.8) is 0 Å². The lowest BCUT2D eigenvalue weighted by Crippen LogP contribution is -2.20. The van der Waals surface area contributed by atoms with Crippen LogP contribution < -0.4 is 10.1 Å². The van der Waals surface area contributed by atoms with Crippen LogP contribution in [-0.2, 0) is 16.0 Å². The Kier molecular flexibility index (Phi) is 7.48. The summed E-state index contributed by atoms with van der Waals surface area (Å²) in [6.07, 6.45) is 0.919. The van der Waals surface area contributed by atoms with E-state index >= 15 is 0 Å². The van der Waals surface area contributed by atoms with Gasteiger partial charge in [-0.1, -0.05) is 24.6 Å². The van der Waals surface area contributed by atoms with Crippen molar-refractivity contribution in [2.75, 3.05) is 18.5 Å². The molecule has 0 aliphatic carbocycles. The van der Waals surface area contributed by atoms with Gasteiger partial charge in [0, 0.05) is 5.69 Å². The predicted octanol–water partition coefficient (Wildman–Crippen LogP) is 4.86. The maximum Gasteiger partial charge on any atom is 0.339 e. The summed E-state index contributed by atoms with van der Waals surface area (Å²) in [7, 11) is 0. The highest BCUT2D eigenvalue weighted by Crippen LogP contribution is 2.26. The molecule has 26 heavy (non-hydrogen) atoms. The van der Waals surface area contributed by atoms with Gasteiger partial charge in [-0.25, -0.2) is 4.79 Å². The molecule has 2 aromatic carbocycles. The Hall–Kier alpha value is -2.05. The van der Waals surface area contributed by atoms with Crippen LogP contribution >= 0.6 is 27.5 Å². The summed E-state index contributed by atoms with van der Waals surface area (Å²) in [4.78, 5) is 23.8. The summed E-state index contributed by atoms with van der Waals surface area (Å²) in [6, 6.07) is 10.3. The highest BCUT2D eigenvalue weighted by molar-refractivity contribution is 9.10. The van der Waals surface area contributed by atoms with E-state index in [4.69, 9.17) is 21.1 Å². The smallest absolute Gasteiger partial charge is 0.339 e. The number of hydrogen-bond donors (Lipinski definition) is 1. The monoisotopic (exact) mass is 439 g/mol. The Balaban J connectivity index is 1.95. The van der Waals surface area contributed by atoms with E-state index in [1.165, 1.54) is 17.7 Å². The number of rotatable bonds is 7. The lowest BCUT2D eigenvalue weighted by molar-refractivity contribution is -0.118. The number of halogens is 2. The number of aryl methyl sites for hydroxylation is 1. The van der Waals surface area contributed by atoms with Gasteiger partial charge in [0.15, 0.2) is 6.61 Å². The molecule has 0 saturated carbocycles. The fourth-order valence-corrected chi connectivity index (χ4v) is 2.99. The van der Waals surface area contributed by atoms with E-state index in [1.54, 1.807) is 13.0 Å². The molecule has 0 heterocycles. The Labute approximate surface area is 165 Å². The van der Waals surface area contributed by atoms with Crippen LogP contribution in [0.2, 0.25) is 5.02 Å². The Morgan fingerprint density at radius 3 is 2.54 bits per heavy atom. The number of carbonyl (C=O) groups excluding carboxylic acids is 2. The molecule has 1 amide bonds. The van der Waals surface area contributed by atoms with Gasteiger partial charge < -0.3 is 14.8 Å². The third kappa shape index (κ3) is 5.47. The molecule has 0 saturated heterocycles. The molecule has 7 heteroatoms. The van der Waals surface area contributed by atoms with Crippen molar-refractivity contribution in [1.82, 2.24) is 0 Å². The minimum Gasteiger partial charge on any atom is -0.483 e. The first-order valence-corrected chi connectivity index (χ1v) is 9.29. The normalized spacial score (nSPS) is 10.3. The van der Waals surface area contributed by atoms with Crippen molar-refractivity contribution in [2.45, 2.75) is 20.3 Å². The van der Waals surface area contributed by atoms with Crippen LogP contribution in [0.1, 0.15) is 29.8 Å². The summed E-state index contributed by atoms with van der Waals surface area (Å²) in [5.41, 5.74) is 1.89. The van der Waals surface area contributed by atoms with Gasteiger partial charge in [-0.15, -0.1) is 0 Å². The maximum absolute atomic E-state index is 12.1. The van der Waals surface area contributed by atoms with Gasteiger partial charge in [0.25, 0.3) is 5.91 Å². The Morgan fingerprint density at radius 2 is 1.92 bits per heavy atom. The number of ether oxygens (including phenoxy) is 2. The van der Waals surface area contributed by atoms with Gasteiger partial charge in [-0.3, -0.25) is 4.79 Å². The predicted molar refractivity (Wildman–Crippen MR) is 105 cm³/mol. The Bertz CT molecular complexity index is 810. The van der Waals surface area contributed by atoms with E-state index in [0.29, 0.717) is 11.4 Å². The molecule has 0 aliphatic heterocycles. The van der Waals surface area contributed by atoms with Crippen LogP contribution in [0.25, 0.3) is 0 Å². The number of carbonyl (C=O) groups is 2. The molecule has 5 nitrogen and oxygen atoms in total. The number of hydrogen-bond acceptors (Lipinski definition) is 4. The average Bonchev–Trinajstić information content (AvgIpc) is 2.60. The molecular weight excluding hydrogens is 422 g/mol. The van der Waals surface area contributed by atoms with E-state index in [2.05, 4.69) is 28.2 Å². The first kappa shape index (κ1) is 20.3. The average molecular weight is 441 g/mol. The lowest BCUT2D eigenvalue weighted by atomic mass is 10.2. The zero-order chi connectivity index (χ0) is 19.1. The molecular formula is C19H19BrClNO4. The second-order valence-corrected chi connectivity index (χ2v) is 6.63. The standard InChI is InChI=1S/C19H19BrClNO4/c1-3-12-5-8-17(15(20)9-12)26-11-18(23)22-13-6-7-14(16(21)10-13)19(24)25-4-2/h5-10H,3-4,11H2,1-2H3,(H,22,23). The Morgan fingerprint density at radius 1 is 1.15 bits per heavy atom. The number of esters is 1. The van der Waals surface area contributed by atoms with Crippen LogP contribution in [0, 0.1) is 0 Å². The van der Waals surface area contributed by atoms with E-state index in [9.17, 15) is 9.59 Å². The lowest BCUT2D eigenvalue weighted by Gasteiger charge is -2.11. The van der Waals surface area contributed by atoms with Crippen LogP contribution in [-0.4, -0.2) is 25.1 Å². The zero-order valence-corrected chi connectivity index (χ0v) is 16.8. The quantitative estimate of drug-likeness (QED) is 0.625. The molecule has 0 spiro atoms. The minimum atomic E-state index is -0.501. The van der Waals surface area contributed by atoms with Gasteiger partial charge in [-0.2, -0.15) is 0 Å². The first-order chi connectivity index (χ1) is 12.4. The van der Waals surface area contributed by atoms with Crippen molar-refractivity contribution in [3.8, 4) is 5.75 Å². The number of anilines is 1. The molecule has 0 bridgehead atoms. The van der Waals surface area contributed by atoms with Crippen molar-refractivity contribution in [3.05, 3.63) is 57.0 Å². The third-order valence-corrected chi connectivity index (χ3v) is 4.44. The topological polar surface area (TPSA) is 64.6 Å². The van der Waals surface area contributed by atoms with Gasteiger partial charge >= 0.3 is 5.97 Å². The molecule has 2 aromatic rings. The molecule has 1 N–H and O–H groups in total. The van der Waals surface area contributed by atoms with Crippen molar-refractivity contribution in [2.24, 2.45) is 0 Å². The molecule has 138 valence electrons. The van der Waals surface area contributed by atoms with E-state index in [0.717, 1.165) is 10.9 Å². The minimum absolute atomic E-state index is 0.151. The second kappa shape index (κ2) is 9.59. The molecule has 0 atom stereocenters. The van der Waals surface area contributed by atoms with Crippen LogP contribution in [0.3, 0.4) is 0 Å². The number of benzene rings is 2. The highest BCUT2D eigenvalue weighted by Gasteiger charge is 2.13. The first-order valence-electron chi connectivity index (χ1n) is 8.12. The fraction of sp³-hybridized carbons (Fsp3) is 0.263. The number of amides is 1. The van der Waals surface area contributed by atoms with Gasteiger partial charge in [-0.05, 0) is 65.2 Å². The van der Waals surface area contributed by atoms with E-state index < -0.39 is 5.97 Å². The molecule has 0 aliphatic rings. The molecule has 0 fully saturated rings. The summed E-state index contributed by atoms with van der Waals surface area (Å²) in [6.45, 7) is 3.89. The summed E-state index contributed by atoms with van der Waals surface area (Å²) >= 11 is 9.51.